The van der Waals surface area contributed by atoms with Gasteiger partial charge >= 0.3 is 0 Å². The minimum atomic E-state index is 0.259. The molecule has 1 aromatic rings. The summed E-state index contributed by atoms with van der Waals surface area (Å²) in [5, 5.41) is 0. The molecule has 1 nitrogen and oxygen atoms in total. The summed E-state index contributed by atoms with van der Waals surface area (Å²) >= 11 is 2.39. The van der Waals surface area contributed by atoms with Crippen LogP contribution in [0.2, 0.25) is 0 Å². The Morgan fingerprint density at radius 1 is 1.36 bits per heavy atom. The van der Waals surface area contributed by atoms with Gasteiger partial charge in [0.1, 0.15) is 0 Å². The molecular formula is C9H14IN. The quantitative estimate of drug-likeness (QED) is 0.634. The van der Waals surface area contributed by atoms with Crippen molar-refractivity contribution in [1.29, 1.82) is 0 Å². The van der Waals surface area contributed by atoms with E-state index in [0.717, 1.165) is 0 Å². The average Bonchev–Trinajstić information content (AvgIpc) is 2.08. The van der Waals surface area contributed by atoms with Gasteiger partial charge < -0.3 is 4.57 Å². The third-order valence-corrected chi connectivity index (χ3v) is 2.60. The van der Waals surface area contributed by atoms with Gasteiger partial charge in [0, 0.05) is 27.9 Å². The monoisotopic (exact) mass is 263 g/mol. The molecule has 0 saturated heterocycles. The Hall–Kier alpha value is 0.01000. The summed E-state index contributed by atoms with van der Waals surface area (Å²) in [6.07, 6.45) is 2.11. The van der Waals surface area contributed by atoms with Gasteiger partial charge in [-0.05, 0) is 28.7 Å². The lowest BCUT2D eigenvalue weighted by Gasteiger charge is -2.20. The van der Waals surface area contributed by atoms with E-state index >= 15 is 0 Å². The van der Waals surface area contributed by atoms with Gasteiger partial charge in [0.05, 0.1) is 0 Å². The lowest BCUT2D eigenvalue weighted by atomic mass is 9.92. The fourth-order valence-corrected chi connectivity index (χ4v) is 2.74. The summed E-state index contributed by atoms with van der Waals surface area (Å²) in [5.74, 6) is 0. The van der Waals surface area contributed by atoms with Crippen LogP contribution in [0.1, 0.15) is 26.5 Å². The molecular weight excluding hydrogens is 249 g/mol. The number of nitrogens with zero attached hydrogens (tertiary/aromatic N) is 1. The molecule has 2 heteroatoms. The number of rotatable bonds is 0. The van der Waals surface area contributed by atoms with Crippen LogP contribution in [0.25, 0.3) is 0 Å². The predicted molar refractivity (Wildman–Crippen MR) is 56.8 cm³/mol. The van der Waals surface area contributed by atoms with Crippen molar-refractivity contribution in [2.75, 3.05) is 0 Å². The third-order valence-electron chi connectivity index (χ3n) is 1.73. The zero-order valence-corrected chi connectivity index (χ0v) is 9.64. The lowest BCUT2D eigenvalue weighted by molar-refractivity contribution is 0.539. The molecule has 62 valence electrons. The Morgan fingerprint density at radius 2 is 1.91 bits per heavy atom. The van der Waals surface area contributed by atoms with Crippen molar-refractivity contribution < 1.29 is 0 Å². The van der Waals surface area contributed by atoms with Crippen molar-refractivity contribution >= 4 is 22.6 Å². The van der Waals surface area contributed by atoms with Gasteiger partial charge in [-0.3, -0.25) is 0 Å². The maximum absolute atomic E-state index is 2.39. The second-order valence-corrected chi connectivity index (χ2v) is 5.04. The van der Waals surface area contributed by atoms with Crippen molar-refractivity contribution in [1.82, 2.24) is 4.57 Å². The maximum Gasteiger partial charge on any atom is 0.0360 e. The van der Waals surface area contributed by atoms with Crippen molar-refractivity contribution in [3.05, 3.63) is 21.5 Å². The van der Waals surface area contributed by atoms with Gasteiger partial charge in [0.2, 0.25) is 0 Å². The minimum Gasteiger partial charge on any atom is -0.353 e. The Kier molecular flexibility index (Phi) is 2.32. The zero-order chi connectivity index (χ0) is 8.65. The van der Waals surface area contributed by atoms with Crippen molar-refractivity contribution in [3.8, 4) is 0 Å². The summed E-state index contributed by atoms with van der Waals surface area (Å²) in [7, 11) is 2.10. The maximum atomic E-state index is 2.39. The average molecular weight is 263 g/mol. The second kappa shape index (κ2) is 2.81. The highest BCUT2D eigenvalue weighted by molar-refractivity contribution is 14.1. The van der Waals surface area contributed by atoms with Crippen LogP contribution in [0.3, 0.4) is 0 Å². The molecule has 0 saturated carbocycles. The molecule has 0 aliphatic heterocycles. The van der Waals surface area contributed by atoms with E-state index in [1.54, 1.807) is 0 Å². The van der Waals surface area contributed by atoms with E-state index in [0.29, 0.717) is 0 Å². The first-order valence-corrected chi connectivity index (χ1v) is 4.82. The molecule has 0 spiro atoms. The van der Waals surface area contributed by atoms with Crippen LogP contribution in [0.15, 0.2) is 12.3 Å². The van der Waals surface area contributed by atoms with Crippen LogP contribution in [-0.2, 0) is 12.5 Å². The topological polar surface area (TPSA) is 4.93 Å². The molecule has 0 radical (unpaired) electrons. The summed E-state index contributed by atoms with van der Waals surface area (Å²) in [6, 6.07) is 2.15. The molecule has 0 amide bonds. The molecule has 0 bridgehead atoms. The molecule has 0 unspecified atom stereocenters. The van der Waals surface area contributed by atoms with E-state index in [1.807, 2.05) is 0 Å². The van der Waals surface area contributed by atoms with Gasteiger partial charge in [-0.15, -0.1) is 0 Å². The highest BCUT2D eigenvalue weighted by Crippen LogP contribution is 2.26. The van der Waals surface area contributed by atoms with E-state index < -0.39 is 0 Å². The van der Waals surface area contributed by atoms with Gasteiger partial charge in [-0.25, -0.2) is 0 Å². The first-order chi connectivity index (χ1) is 4.93. The summed E-state index contributed by atoms with van der Waals surface area (Å²) in [4.78, 5) is 0. The molecule has 1 heterocycles. The van der Waals surface area contributed by atoms with Crippen molar-refractivity contribution in [2.24, 2.45) is 7.05 Å². The van der Waals surface area contributed by atoms with Gasteiger partial charge in [-0.2, -0.15) is 0 Å². The smallest absolute Gasteiger partial charge is 0.0360 e. The number of aryl methyl sites for hydroxylation is 1. The van der Waals surface area contributed by atoms with Crippen LogP contribution >= 0.6 is 22.6 Å². The molecule has 0 N–H and O–H groups in total. The van der Waals surface area contributed by atoms with E-state index in [1.165, 1.54) is 9.26 Å². The number of aromatic nitrogens is 1. The Labute approximate surface area is 81.9 Å². The highest BCUT2D eigenvalue weighted by Gasteiger charge is 2.19. The third kappa shape index (κ3) is 1.78. The fraction of sp³-hybridized carbons (Fsp3) is 0.556. The summed E-state index contributed by atoms with van der Waals surface area (Å²) < 4.78 is 3.56. The van der Waals surface area contributed by atoms with Crippen LogP contribution in [0.4, 0.5) is 0 Å². The van der Waals surface area contributed by atoms with Crippen molar-refractivity contribution in [2.45, 2.75) is 26.2 Å². The Morgan fingerprint density at radius 3 is 2.09 bits per heavy atom. The van der Waals surface area contributed by atoms with Gasteiger partial charge in [0.25, 0.3) is 0 Å². The highest BCUT2D eigenvalue weighted by atomic mass is 127. The molecule has 0 aromatic carbocycles. The molecule has 0 atom stereocenters. The Balaban J connectivity index is 3.21. The molecule has 0 aliphatic rings. The molecule has 0 aliphatic carbocycles. The molecule has 11 heavy (non-hydrogen) atoms. The van der Waals surface area contributed by atoms with Crippen LogP contribution in [-0.4, -0.2) is 4.57 Å². The van der Waals surface area contributed by atoms with E-state index in [4.69, 9.17) is 0 Å². The fourth-order valence-electron chi connectivity index (χ4n) is 1.39. The Bertz CT molecular complexity index is 236. The first-order valence-electron chi connectivity index (χ1n) is 3.74. The SMILES string of the molecule is Cn1ccc(I)c1C(C)(C)C. The first kappa shape index (κ1) is 9.10. The normalized spacial score (nSPS) is 12.1. The largest absolute Gasteiger partial charge is 0.353 e. The number of halogens is 1. The summed E-state index contributed by atoms with van der Waals surface area (Å²) in [5.41, 5.74) is 1.67. The molecule has 1 rings (SSSR count). The minimum absolute atomic E-state index is 0.259. The number of hydrogen-bond acceptors (Lipinski definition) is 0. The molecule has 1 aromatic heterocycles. The zero-order valence-electron chi connectivity index (χ0n) is 7.48. The van der Waals surface area contributed by atoms with E-state index in [9.17, 15) is 0 Å². The van der Waals surface area contributed by atoms with Crippen molar-refractivity contribution in [3.63, 3.8) is 0 Å². The van der Waals surface area contributed by atoms with Gasteiger partial charge in [0.15, 0.2) is 0 Å². The predicted octanol–water partition coefficient (Wildman–Crippen LogP) is 2.93. The lowest BCUT2D eigenvalue weighted by Crippen LogP contribution is -2.16. The van der Waals surface area contributed by atoms with Gasteiger partial charge in [-0.1, -0.05) is 20.8 Å². The van der Waals surface area contributed by atoms with Crippen LogP contribution < -0.4 is 0 Å². The van der Waals surface area contributed by atoms with Crippen LogP contribution in [0, 0.1) is 3.57 Å². The van der Waals surface area contributed by atoms with E-state index in [2.05, 4.69) is 67.2 Å². The number of hydrogen-bond donors (Lipinski definition) is 0. The van der Waals surface area contributed by atoms with Crippen LogP contribution in [0.5, 0.6) is 0 Å². The summed E-state index contributed by atoms with van der Waals surface area (Å²) in [6.45, 7) is 6.72. The second-order valence-electron chi connectivity index (χ2n) is 3.87. The van der Waals surface area contributed by atoms with E-state index in [-0.39, 0.29) is 5.41 Å². The standard InChI is InChI=1S/C9H14IN/c1-9(2,3)8-7(10)5-6-11(8)4/h5-6H,1-4H3. The molecule has 0 fully saturated rings.